The highest BCUT2D eigenvalue weighted by Crippen LogP contribution is 2.33. The highest BCUT2D eigenvalue weighted by atomic mass is 32.1. The van der Waals surface area contributed by atoms with E-state index in [1.807, 2.05) is 36.4 Å². The van der Waals surface area contributed by atoms with Crippen LogP contribution in [0.5, 0.6) is 5.88 Å². The minimum atomic E-state index is -0.110. The van der Waals surface area contributed by atoms with Crippen LogP contribution in [-0.4, -0.2) is 21.6 Å². The fraction of sp³-hybridized carbons (Fsp3) is 0.235. The quantitative estimate of drug-likeness (QED) is 0.793. The maximum atomic E-state index is 10.6. The molecule has 0 unspecified atom stereocenters. The number of para-hydroxylation sites is 1. The van der Waals surface area contributed by atoms with Crippen LogP contribution >= 0.6 is 23.6 Å². The van der Waals surface area contributed by atoms with Gasteiger partial charge in [0, 0.05) is 11.0 Å². The molecule has 4 nitrogen and oxygen atoms in total. The summed E-state index contributed by atoms with van der Waals surface area (Å²) in [4.78, 5) is 0.708. The lowest BCUT2D eigenvalue weighted by molar-refractivity contribution is 0.441. The van der Waals surface area contributed by atoms with Crippen LogP contribution in [0.4, 0.5) is 0 Å². The molecule has 1 aliphatic heterocycles. The molecule has 2 aromatic rings. The third-order valence-electron chi connectivity index (χ3n) is 3.45. The Hall–Kier alpha value is -2.05. The molecule has 0 amide bonds. The van der Waals surface area contributed by atoms with Crippen molar-refractivity contribution in [1.82, 2.24) is 4.57 Å². The first-order valence-corrected chi connectivity index (χ1v) is 8.44. The molecule has 3 rings (SSSR count). The molecule has 1 aliphatic rings. The van der Waals surface area contributed by atoms with Crippen molar-refractivity contribution < 1.29 is 5.11 Å². The maximum absolute atomic E-state index is 10.6. The number of benzene rings is 1. The van der Waals surface area contributed by atoms with Gasteiger partial charge in [-0.3, -0.25) is 4.57 Å². The van der Waals surface area contributed by atoms with Crippen LogP contribution in [0.25, 0.3) is 11.8 Å². The smallest absolute Gasteiger partial charge is 0.215 e. The fourth-order valence-electron chi connectivity index (χ4n) is 2.38. The molecular weight excluding hydrogens is 326 g/mol. The van der Waals surface area contributed by atoms with E-state index in [1.165, 1.54) is 11.3 Å². The molecule has 0 aliphatic carbocycles. The van der Waals surface area contributed by atoms with Crippen LogP contribution in [0.3, 0.4) is 0 Å². The number of hydrogen-bond acceptors (Lipinski definition) is 5. The zero-order chi connectivity index (χ0) is 16.6. The van der Waals surface area contributed by atoms with Crippen molar-refractivity contribution >= 4 is 41.6 Å². The molecule has 0 radical (unpaired) electrons. The van der Waals surface area contributed by atoms with Crippen molar-refractivity contribution in [2.24, 2.45) is 15.6 Å². The van der Waals surface area contributed by atoms with E-state index >= 15 is 0 Å². The molecule has 1 aromatic carbocycles. The number of hydrogen-bond donors (Lipinski definition) is 1. The Morgan fingerprint density at radius 1 is 1.22 bits per heavy atom. The van der Waals surface area contributed by atoms with Crippen molar-refractivity contribution in [3.63, 3.8) is 0 Å². The summed E-state index contributed by atoms with van der Waals surface area (Å²) in [6.45, 7) is 6.27. The molecule has 6 heteroatoms. The molecule has 118 valence electrons. The summed E-state index contributed by atoms with van der Waals surface area (Å²) in [6, 6.07) is 9.59. The summed E-state index contributed by atoms with van der Waals surface area (Å²) in [7, 11) is 0. The van der Waals surface area contributed by atoms with E-state index < -0.39 is 0 Å². The predicted octanol–water partition coefficient (Wildman–Crippen LogP) is 4.84. The molecule has 0 saturated carbocycles. The van der Waals surface area contributed by atoms with E-state index in [9.17, 15) is 5.11 Å². The van der Waals surface area contributed by atoms with Gasteiger partial charge < -0.3 is 5.11 Å². The third kappa shape index (κ3) is 3.04. The van der Waals surface area contributed by atoms with E-state index in [1.54, 1.807) is 10.8 Å². The first kappa shape index (κ1) is 15.8. The van der Waals surface area contributed by atoms with Crippen molar-refractivity contribution in [3.05, 3.63) is 44.7 Å². The van der Waals surface area contributed by atoms with E-state index in [0.717, 1.165) is 17.0 Å². The van der Waals surface area contributed by atoms with Gasteiger partial charge in [-0.1, -0.05) is 39.0 Å². The summed E-state index contributed by atoms with van der Waals surface area (Å²) in [5, 5.41) is 18.8. The Kier molecular flexibility index (Phi) is 4.04. The van der Waals surface area contributed by atoms with Gasteiger partial charge in [0.25, 0.3) is 0 Å². The lowest BCUT2D eigenvalue weighted by Gasteiger charge is -2.18. The largest absolute Gasteiger partial charge is 0.493 e. The normalized spacial score (nSPS) is 16.1. The Morgan fingerprint density at radius 3 is 2.57 bits per heavy atom. The monoisotopic (exact) mass is 343 g/mol. The van der Waals surface area contributed by atoms with Crippen LogP contribution in [-0.2, 0) is 0 Å². The molecule has 1 N–H and O–H groups in total. The van der Waals surface area contributed by atoms with Crippen molar-refractivity contribution in [1.29, 1.82) is 0 Å². The van der Waals surface area contributed by atoms with Crippen molar-refractivity contribution in [3.8, 4) is 11.6 Å². The van der Waals surface area contributed by atoms with Crippen molar-refractivity contribution in [2.45, 2.75) is 20.8 Å². The molecule has 2 heterocycles. The second-order valence-corrected chi connectivity index (χ2v) is 7.95. The van der Waals surface area contributed by atoms with Crippen LogP contribution in [0.15, 0.2) is 46.1 Å². The summed E-state index contributed by atoms with van der Waals surface area (Å²) in [5.74, 6) is 0.146. The third-order valence-corrected chi connectivity index (χ3v) is 4.76. The highest BCUT2D eigenvalue weighted by molar-refractivity contribution is 7.73. The van der Waals surface area contributed by atoms with Gasteiger partial charge in [-0.15, -0.1) is 11.3 Å². The minimum Gasteiger partial charge on any atom is -0.493 e. The lowest BCUT2D eigenvalue weighted by Crippen LogP contribution is -2.20. The van der Waals surface area contributed by atoms with E-state index in [-0.39, 0.29) is 11.3 Å². The highest BCUT2D eigenvalue weighted by Gasteiger charge is 2.25. The molecule has 0 atom stereocenters. The molecular formula is C17H17N3OS2. The minimum absolute atomic E-state index is 0.110. The van der Waals surface area contributed by atoms with Gasteiger partial charge in [0.15, 0.2) is 3.95 Å². The fourth-order valence-corrected chi connectivity index (χ4v) is 3.68. The molecule has 0 fully saturated rings. The van der Waals surface area contributed by atoms with Crippen molar-refractivity contribution in [2.75, 3.05) is 0 Å². The van der Waals surface area contributed by atoms with Gasteiger partial charge in [0.05, 0.1) is 22.5 Å². The lowest BCUT2D eigenvalue weighted by atomic mass is 9.86. The van der Waals surface area contributed by atoms with Crippen LogP contribution in [0.1, 0.15) is 25.6 Å². The number of allylic oxidation sites excluding steroid dienone is 1. The molecule has 0 spiro atoms. The average Bonchev–Trinajstić information content (AvgIpc) is 3.05. The molecule has 23 heavy (non-hydrogen) atoms. The topological polar surface area (TPSA) is 49.9 Å². The number of nitrogens with zero attached hydrogens (tertiary/aromatic N) is 3. The second-order valence-electron chi connectivity index (χ2n) is 6.27. The van der Waals surface area contributed by atoms with Gasteiger partial charge in [-0.05, 0) is 30.4 Å². The van der Waals surface area contributed by atoms with Gasteiger partial charge >= 0.3 is 0 Å². The maximum Gasteiger partial charge on any atom is 0.215 e. The predicted molar refractivity (Wildman–Crippen MR) is 99.5 cm³/mol. The Labute approximate surface area is 144 Å². The Bertz CT molecular complexity index is 881. The van der Waals surface area contributed by atoms with Crippen LogP contribution < -0.4 is 0 Å². The summed E-state index contributed by atoms with van der Waals surface area (Å²) in [5.41, 5.74) is 2.55. The zero-order valence-corrected chi connectivity index (χ0v) is 14.8. The van der Waals surface area contributed by atoms with E-state index in [2.05, 4.69) is 31.0 Å². The average molecular weight is 343 g/mol. The molecule has 0 bridgehead atoms. The molecule has 0 saturated heterocycles. The standard InChI is InChI=1S/C17H17N3OS2/c1-17(2,3)14-11(10-18-19-14)9-13-15(21)20(16(22)23-13)12-7-5-4-6-8-12/h4-10,21H,1-3H3. The van der Waals surface area contributed by atoms with Gasteiger partial charge in [0.2, 0.25) is 5.88 Å². The summed E-state index contributed by atoms with van der Waals surface area (Å²) >= 11 is 6.78. The first-order chi connectivity index (χ1) is 10.9. The number of thiazole rings is 1. The Morgan fingerprint density at radius 2 is 1.91 bits per heavy atom. The van der Waals surface area contributed by atoms with Gasteiger partial charge in [0.1, 0.15) is 0 Å². The SMILES string of the molecule is CC(C)(C)C1=NN=CC1=Cc1sc(=S)n(-c2ccccc2)c1O. The van der Waals surface area contributed by atoms with Gasteiger partial charge in [-0.25, -0.2) is 0 Å². The summed E-state index contributed by atoms with van der Waals surface area (Å²) in [6.07, 6.45) is 3.62. The Balaban J connectivity index is 2.07. The van der Waals surface area contributed by atoms with Crippen LogP contribution in [0, 0.1) is 9.37 Å². The van der Waals surface area contributed by atoms with Gasteiger partial charge in [-0.2, -0.15) is 10.2 Å². The van der Waals surface area contributed by atoms with Crippen LogP contribution in [0.2, 0.25) is 0 Å². The van der Waals surface area contributed by atoms with E-state index in [0.29, 0.717) is 8.83 Å². The summed E-state index contributed by atoms with van der Waals surface area (Å²) < 4.78 is 2.27. The number of aromatic hydroxyl groups is 1. The molecule has 1 aromatic heterocycles. The zero-order valence-electron chi connectivity index (χ0n) is 13.1. The van der Waals surface area contributed by atoms with E-state index in [4.69, 9.17) is 12.2 Å². The number of rotatable bonds is 2. The second kappa shape index (κ2) is 5.86. The number of aromatic nitrogens is 1. The first-order valence-electron chi connectivity index (χ1n) is 7.22.